The smallest absolute Gasteiger partial charge is 0.147 e. The summed E-state index contributed by atoms with van der Waals surface area (Å²) in [5, 5.41) is 0. The Hall–Kier alpha value is -1.03. The van der Waals surface area contributed by atoms with Gasteiger partial charge in [0.15, 0.2) is 0 Å². The van der Waals surface area contributed by atoms with Gasteiger partial charge in [-0.2, -0.15) is 0 Å². The van der Waals surface area contributed by atoms with Crippen molar-refractivity contribution < 1.29 is 8.42 Å². The summed E-state index contributed by atoms with van der Waals surface area (Å²) in [4.78, 5) is 0. The molecule has 0 saturated carbocycles. The van der Waals surface area contributed by atoms with Crippen molar-refractivity contribution in [2.45, 2.75) is 13.3 Å². The minimum absolute atomic E-state index is 0.192. The van der Waals surface area contributed by atoms with Crippen LogP contribution >= 0.6 is 0 Å². The first-order valence-corrected chi connectivity index (χ1v) is 6.47. The average molecular weight is 213 g/mol. The molecule has 0 spiro atoms. The number of hydrogen-bond donors (Lipinski definition) is 1. The van der Waals surface area contributed by atoms with Gasteiger partial charge in [0.1, 0.15) is 9.84 Å². The van der Waals surface area contributed by atoms with Crippen LogP contribution in [0, 0.1) is 6.92 Å². The molecule has 0 bridgehead atoms. The summed E-state index contributed by atoms with van der Waals surface area (Å²) in [6.07, 6.45) is 1.81. The Morgan fingerprint density at radius 1 is 1.36 bits per heavy atom. The fourth-order valence-electron chi connectivity index (χ4n) is 1.29. The van der Waals surface area contributed by atoms with Crippen LogP contribution in [0.4, 0.5) is 5.69 Å². The fourth-order valence-corrected chi connectivity index (χ4v) is 1.89. The molecular formula is C10H15NO2S. The third-order valence-corrected chi connectivity index (χ3v) is 3.05. The topological polar surface area (TPSA) is 60.2 Å². The Balaban J connectivity index is 2.78. The quantitative estimate of drug-likeness (QED) is 0.767. The monoisotopic (exact) mass is 213 g/mol. The maximum atomic E-state index is 11.0. The van der Waals surface area contributed by atoms with Crippen molar-refractivity contribution in [1.29, 1.82) is 0 Å². The Morgan fingerprint density at radius 2 is 2.00 bits per heavy atom. The van der Waals surface area contributed by atoms with Crippen molar-refractivity contribution in [2.24, 2.45) is 0 Å². The largest absolute Gasteiger partial charge is 0.399 e. The summed E-state index contributed by atoms with van der Waals surface area (Å²) < 4.78 is 21.9. The molecule has 1 rings (SSSR count). The van der Waals surface area contributed by atoms with Gasteiger partial charge in [-0.15, -0.1) is 0 Å². The van der Waals surface area contributed by atoms with E-state index in [4.69, 9.17) is 5.73 Å². The Morgan fingerprint density at radius 3 is 2.50 bits per heavy atom. The van der Waals surface area contributed by atoms with E-state index in [1.807, 2.05) is 19.1 Å². The zero-order valence-corrected chi connectivity index (χ0v) is 9.26. The van der Waals surface area contributed by atoms with Crippen molar-refractivity contribution in [1.82, 2.24) is 0 Å². The number of rotatable bonds is 3. The van der Waals surface area contributed by atoms with Crippen molar-refractivity contribution in [3.05, 3.63) is 29.3 Å². The molecule has 78 valence electrons. The zero-order chi connectivity index (χ0) is 10.8. The first-order valence-electron chi connectivity index (χ1n) is 4.41. The second kappa shape index (κ2) is 4.00. The SMILES string of the molecule is Cc1cc(N)ccc1CCS(C)(=O)=O. The summed E-state index contributed by atoms with van der Waals surface area (Å²) in [5.74, 6) is 0.192. The van der Waals surface area contributed by atoms with Gasteiger partial charge in [-0.3, -0.25) is 0 Å². The highest BCUT2D eigenvalue weighted by Gasteiger charge is 2.04. The molecule has 0 aromatic heterocycles. The summed E-state index contributed by atoms with van der Waals surface area (Å²) in [5.41, 5.74) is 8.40. The third kappa shape index (κ3) is 3.38. The number of hydrogen-bond acceptors (Lipinski definition) is 3. The maximum absolute atomic E-state index is 11.0. The van der Waals surface area contributed by atoms with E-state index in [9.17, 15) is 8.42 Å². The molecule has 14 heavy (non-hydrogen) atoms. The van der Waals surface area contributed by atoms with Crippen molar-refractivity contribution >= 4 is 15.5 Å². The predicted molar refractivity (Wildman–Crippen MR) is 59.0 cm³/mol. The second-order valence-corrected chi connectivity index (χ2v) is 5.83. The Kier molecular flexibility index (Phi) is 3.16. The minimum atomic E-state index is -2.88. The number of nitrogen functional groups attached to an aromatic ring is 1. The van der Waals surface area contributed by atoms with Gasteiger partial charge < -0.3 is 5.73 Å². The van der Waals surface area contributed by atoms with E-state index in [-0.39, 0.29) is 5.75 Å². The van der Waals surface area contributed by atoms with E-state index in [0.29, 0.717) is 12.1 Å². The number of anilines is 1. The highest BCUT2D eigenvalue weighted by Crippen LogP contribution is 2.13. The fraction of sp³-hybridized carbons (Fsp3) is 0.400. The van der Waals surface area contributed by atoms with Crippen LogP contribution in [0.2, 0.25) is 0 Å². The van der Waals surface area contributed by atoms with E-state index >= 15 is 0 Å². The minimum Gasteiger partial charge on any atom is -0.399 e. The number of benzene rings is 1. The summed E-state index contributed by atoms with van der Waals surface area (Å²) in [7, 11) is -2.88. The Bertz CT molecular complexity index is 424. The molecule has 0 atom stereocenters. The lowest BCUT2D eigenvalue weighted by molar-refractivity contribution is 0.601. The summed E-state index contributed by atoms with van der Waals surface area (Å²) >= 11 is 0. The van der Waals surface area contributed by atoms with Crippen LogP contribution in [0.25, 0.3) is 0 Å². The lowest BCUT2D eigenvalue weighted by Crippen LogP contribution is -2.06. The van der Waals surface area contributed by atoms with Crippen molar-refractivity contribution in [2.75, 3.05) is 17.7 Å². The molecule has 0 saturated heterocycles. The highest BCUT2D eigenvalue weighted by atomic mass is 32.2. The molecule has 0 aliphatic rings. The van der Waals surface area contributed by atoms with Crippen LogP contribution in [0.15, 0.2) is 18.2 Å². The summed E-state index contributed by atoms with van der Waals surface area (Å²) in [6.45, 7) is 1.94. The summed E-state index contributed by atoms with van der Waals surface area (Å²) in [6, 6.07) is 5.54. The lowest BCUT2D eigenvalue weighted by Gasteiger charge is -2.05. The van der Waals surface area contributed by atoms with Crippen molar-refractivity contribution in [3.63, 3.8) is 0 Å². The molecule has 3 nitrogen and oxygen atoms in total. The van der Waals surface area contributed by atoms with E-state index in [2.05, 4.69) is 0 Å². The molecular weight excluding hydrogens is 198 g/mol. The van der Waals surface area contributed by atoms with Gasteiger partial charge in [0.2, 0.25) is 0 Å². The van der Waals surface area contributed by atoms with Crippen LogP contribution in [-0.2, 0) is 16.3 Å². The van der Waals surface area contributed by atoms with Crippen LogP contribution in [0.1, 0.15) is 11.1 Å². The third-order valence-electron chi connectivity index (χ3n) is 2.11. The molecule has 0 radical (unpaired) electrons. The van der Waals surface area contributed by atoms with Crippen LogP contribution in [0.5, 0.6) is 0 Å². The molecule has 0 unspecified atom stereocenters. The Labute approximate surface area is 84.9 Å². The molecule has 0 aliphatic heterocycles. The number of nitrogens with two attached hydrogens (primary N) is 1. The molecule has 0 aliphatic carbocycles. The van der Waals surface area contributed by atoms with Gasteiger partial charge >= 0.3 is 0 Å². The van der Waals surface area contributed by atoms with Crippen molar-refractivity contribution in [3.8, 4) is 0 Å². The molecule has 0 fully saturated rings. The molecule has 0 heterocycles. The number of aryl methyl sites for hydroxylation is 2. The van der Waals surface area contributed by atoms with Crippen LogP contribution in [0.3, 0.4) is 0 Å². The van der Waals surface area contributed by atoms with E-state index in [1.165, 1.54) is 6.26 Å². The standard InChI is InChI=1S/C10H15NO2S/c1-8-7-10(11)4-3-9(8)5-6-14(2,12)13/h3-4,7H,5-6,11H2,1-2H3. The first kappa shape index (κ1) is 11.0. The predicted octanol–water partition coefficient (Wildman–Crippen LogP) is 1.16. The molecule has 4 heteroatoms. The van der Waals surface area contributed by atoms with Gasteiger partial charge in [-0.25, -0.2) is 8.42 Å². The van der Waals surface area contributed by atoms with Gasteiger partial charge in [0.05, 0.1) is 5.75 Å². The molecule has 0 amide bonds. The van der Waals surface area contributed by atoms with E-state index < -0.39 is 9.84 Å². The van der Waals surface area contributed by atoms with Gasteiger partial charge in [0, 0.05) is 11.9 Å². The number of sulfone groups is 1. The molecule has 1 aromatic rings. The molecule has 2 N–H and O–H groups in total. The second-order valence-electron chi connectivity index (χ2n) is 3.57. The highest BCUT2D eigenvalue weighted by molar-refractivity contribution is 7.90. The average Bonchev–Trinajstić information content (AvgIpc) is 2.00. The zero-order valence-electron chi connectivity index (χ0n) is 8.45. The lowest BCUT2D eigenvalue weighted by atomic mass is 10.1. The van der Waals surface area contributed by atoms with E-state index in [0.717, 1.165) is 11.1 Å². The normalized spacial score (nSPS) is 11.6. The van der Waals surface area contributed by atoms with Gasteiger partial charge in [0.25, 0.3) is 0 Å². The molecule has 1 aromatic carbocycles. The maximum Gasteiger partial charge on any atom is 0.147 e. The van der Waals surface area contributed by atoms with Crippen LogP contribution < -0.4 is 5.73 Å². The van der Waals surface area contributed by atoms with Gasteiger partial charge in [-0.05, 0) is 36.6 Å². The van der Waals surface area contributed by atoms with E-state index in [1.54, 1.807) is 6.07 Å². The van der Waals surface area contributed by atoms with Crippen LogP contribution in [-0.4, -0.2) is 20.4 Å². The first-order chi connectivity index (χ1) is 6.38. The van der Waals surface area contributed by atoms with Gasteiger partial charge in [-0.1, -0.05) is 6.07 Å².